The van der Waals surface area contributed by atoms with E-state index < -0.39 is 0 Å². The molecule has 1 aromatic rings. The Kier molecular flexibility index (Phi) is 5.00. The molecule has 2 heterocycles. The molecule has 0 saturated carbocycles. The van der Waals surface area contributed by atoms with Gasteiger partial charge in [-0.3, -0.25) is 4.79 Å². The number of piperidine rings is 1. The van der Waals surface area contributed by atoms with Crippen LogP contribution in [0.25, 0.3) is 0 Å². The second-order valence-electron chi connectivity index (χ2n) is 5.26. The number of nitrogens with one attached hydrogen (secondary N) is 2. The molecule has 2 rings (SSSR count). The lowest BCUT2D eigenvalue weighted by atomic mass is 9.90. The molecule has 0 aliphatic carbocycles. The number of anilines is 1. The van der Waals surface area contributed by atoms with Gasteiger partial charge in [-0.2, -0.15) is 0 Å². The Hall–Kier alpha value is -1.56. The summed E-state index contributed by atoms with van der Waals surface area (Å²) in [4.78, 5) is 20.7. The standard InChI is InChI=1S/C14H24N4O2/c1-4-15-10(2)11-5-7-18(8-6-11)13-12(20-3)14(19)17-9-16-13/h9-11,15H,4-8H2,1-3H3,(H,16,17,19). The number of hydrogen-bond donors (Lipinski definition) is 2. The number of aromatic nitrogens is 2. The van der Waals surface area contributed by atoms with Gasteiger partial charge >= 0.3 is 0 Å². The highest BCUT2D eigenvalue weighted by Crippen LogP contribution is 2.27. The molecule has 0 aromatic carbocycles. The molecule has 1 saturated heterocycles. The molecule has 2 N–H and O–H groups in total. The normalized spacial score (nSPS) is 18.1. The van der Waals surface area contributed by atoms with Crippen molar-refractivity contribution in [2.24, 2.45) is 5.92 Å². The molecular weight excluding hydrogens is 256 g/mol. The van der Waals surface area contributed by atoms with E-state index in [2.05, 4.69) is 34.0 Å². The second kappa shape index (κ2) is 6.74. The van der Waals surface area contributed by atoms with E-state index in [-0.39, 0.29) is 5.56 Å². The number of ether oxygens (including phenoxy) is 1. The van der Waals surface area contributed by atoms with Crippen LogP contribution < -0.4 is 20.5 Å². The van der Waals surface area contributed by atoms with Crippen molar-refractivity contribution in [2.45, 2.75) is 32.7 Å². The van der Waals surface area contributed by atoms with Crippen molar-refractivity contribution in [3.8, 4) is 5.75 Å². The van der Waals surface area contributed by atoms with Crippen LogP contribution >= 0.6 is 0 Å². The maximum Gasteiger partial charge on any atom is 0.295 e. The van der Waals surface area contributed by atoms with Gasteiger partial charge in [0.05, 0.1) is 13.4 Å². The number of H-pyrrole nitrogens is 1. The Morgan fingerprint density at radius 1 is 1.55 bits per heavy atom. The summed E-state index contributed by atoms with van der Waals surface area (Å²) in [6.45, 7) is 7.21. The first-order valence-corrected chi connectivity index (χ1v) is 7.27. The maximum atomic E-state index is 11.7. The molecule has 6 nitrogen and oxygen atoms in total. The summed E-state index contributed by atoms with van der Waals surface area (Å²) in [5.41, 5.74) is -0.222. The minimum absolute atomic E-state index is 0.222. The first-order chi connectivity index (χ1) is 9.67. The van der Waals surface area contributed by atoms with Crippen molar-refractivity contribution in [2.75, 3.05) is 31.6 Å². The molecule has 1 atom stereocenters. The molecular formula is C14H24N4O2. The Bertz CT molecular complexity index is 480. The Morgan fingerprint density at radius 3 is 2.85 bits per heavy atom. The van der Waals surface area contributed by atoms with Gasteiger partial charge in [0.1, 0.15) is 0 Å². The molecule has 20 heavy (non-hydrogen) atoms. The van der Waals surface area contributed by atoms with Gasteiger partial charge in [-0.15, -0.1) is 0 Å². The van der Waals surface area contributed by atoms with E-state index in [4.69, 9.17) is 4.74 Å². The number of methoxy groups -OCH3 is 1. The highest BCUT2D eigenvalue weighted by Gasteiger charge is 2.26. The lowest BCUT2D eigenvalue weighted by Gasteiger charge is -2.35. The maximum absolute atomic E-state index is 11.7. The molecule has 1 aliphatic heterocycles. The monoisotopic (exact) mass is 280 g/mol. The van der Waals surface area contributed by atoms with Crippen molar-refractivity contribution in [1.29, 1.82) is 0 Å². The van der Waals surface area contributed by atoms with E-state index in [1.165, 1.54) is 13.4 Å². The summed E-state index contributed by atoms with van der Waals surface area (Å²) in [6, 6.07) is 0.538. The topological polar surface area (TPSA) is 70.2 Å². The van der Waals surface area contributed by atoms with Crippen LogP contribution in [0.2, 0.25) is 0 Å². The molecule has 0 spiro atoms. The van der Waals surface area contributed by atoms with E-state index >= 15 is 0 Å². The van der Waals surface area contributed by atoms with Crippen molar-refractivity contribution >= 4 is 5.82 Å². The molecule has 0 bridgehead atoms. The van der Waals surface area contributed by atoms with Gasteiger partial charge in [0.2, 0.25) is 5.75 Å². The summed E-state index contributed by atoms with van der Waals surface area (Å²) >= 11 is 0. The van der Waals surface area contributed by atoms with Crippen LogP contribution in [0.1, 0.15) is 26.7 Å². The molecule has 1 unspecified atom stereocenters. The van der Waals surface area contributed by atoms with E-state index in [0.717, 1.165) is 32.5 Å². The van der Waals surface area contributed by atoms with Crippen LogP contribution in [-0.4, -0.2) is 42.8 Å². The zero-order valence-electron chi connectivity index (χ0n) is 12.5. The number of rotatable bonds is 5. The van der Waals surface area contributed by atoms with E-state index in [9.17, 15) is 4.79 Å². The summed E-state index contributed by atoms with van der Waals surface area (Å²) in [7, 11) is 1.51. The molecule has 1 fully saturated rings. The lowest BCUT2D eigenvalue weighted by molar-refractivity contribution is 0.312. The minimum atomic E-state index is -0.222. The number of nitrogens with zero attached hydrogens (tertiary/aromatic N) is 2. The molecule has 1 aliphatic rings. The molecule has 0 amide bonds. The fourth-order valence-corrected chi connectivity index (χ4v) is 2.89. The van der Waals surface area contributed by atoms with Crippen molar-refractivity contribution < 1.29 is 4.74 Å². The predicted octanol–water partition coefficient (Wildman–Crippen LogP) is 0.993. The van der Waals surface area contributed by atoms with Crippen molar-refractivity contribution in [1.82, 2.24) is 15.3 Å². The quantitative estimate of drug-likeness (QED) is 0.842. The summed E-state index contributed by atoms with van der Waals surface area (Å²) in [6.07, 6.45) is 3.64. The van der Waals surface area contributed by atoms with Gasteiger partial charge in [0.15, 0.2) is 5.82 Å². The van der Waals surface area contributed by atoms with Gasteiger partial charge in [-0.1, -0.05) is 6.92 Å². The van der Waals surface area contributed by atoms with Gasteiger partial charge in [0.25, 0.3) is 5.56 Å². The third-order valence-corrected chi connectivity index (χ3v) is 4.07. The molecule has 6 heteroatoms. The summed E-state index contributed by atoms with van der Waals surface area (Å²) < 4.78 is 5.18. The van der Waals surface area contributed by atoms with Crippen LogP contribution in [0.5, 0.6) is 5.75 Å². The van der Waals surface area contributed by atoms with Crippen molar-refractivity contribution in [3.63, 3.8) is 0 Å². The second-order valence-corrected chi connectivity index (χ2v) is 5.26. The third kappa shape index (κ3) is 3.12. The van der Waals surface area contributed by atoms with Crippen LogP contribution in [0.15, 0.2) is 11.1 Å². The SMILES string of the molecule is CCNC(C)C1CCN(c2nc[nH]c(=O)c2OC)CC1. The smallest absolute Gasteiger partial charge is 0.295 e. The molecule has 112 valence electrons. The fraction of sp³-hybridized carbons (Fsp3) is 0.714. The van der Waals surface area contributed by atoms with Crippen LogP contribution in [0.3, 0.4) is 0 Å². The largest absolute Gasteiger partial charge is 0.489 e. The average Bonchev–Trinajstić information content (AvgIpc) is 2.47. The van der Waals surface area contributed by atoms with Crippen LogP contribution in [-0.2, 0) is 0 Å². The lowest BCUT2D eigenvalue weighted by Crippen LogP contribution is -2.42. The Morgan fingerprint density at radius 2 is 2.25 bits per heavy atom. The number of hydrogen-bond acceptors (Lipinski definition) is 5. The summed E-state index contributed by atoms with van der Waals surface area (Å²) in [5.74, 6) is 1.65. The zero-order valence-corrected chi connectivity index (χ0v) is 12.5. The van der Waals surface area contributed by atoms with E-state index in [1.54, 1.807) is 0 Å². The van der Waals surface area contributed by atoms with Crippen LogP contribution in [0.4, 0.5) is 5.82 Å². The highest BCUT2D eigenvalue weighted by atomic mass is 16.5. The third-order valence-electron chi connectivity index (χ3n) is 4.07. The Labute approximate surface area is 119 Å². The Balaban J connectivity index is 2.04. The van der Waals surface area contributed by atoms with E-state index in [1.807, 2.05) is 0 Å². The highest BCUT2D eigenvalue weighted by molar-refractivity contribution is 5.50. The first kappa shape index (κ1) is 14.8. The predicted molar refractivity (Wildman–Crippen MR) is 79.5 cm³/mol. The average molecular weight is 280 g/mol. The first-order valence-electron chi connectivity index (χ1n) is 7.27. The molecule has 1 aromatic heterocycles. The van der Waals surface area contributed by atoms with Gasteiger partial charge in [-0.05, 0) is 32.2 Å². The number of aromatic amines is 1. The van der Waals surface area contributed by atoms with Crippen LogP contribution in [0, 0.1) is 5.92 Å². The zero-order chi connectivity index (χ0) is 14.5. The van der Waals surface area contributed by atoms with Crippen molar-refractivity contribution in [3.05, 3.63) is 16.7 Å². The van der Waals surface area contributed by atoms with E-state index in [0.29, 0.717) is 23.5 Å². The van der Waals surface area contributed by atoms with Gasteiger partial charge in [0, 0.05) is 19.1 Å². The summed E-state index contributed by atoms with van der Waals surface area (Å²) in [5, 5.41) is 3.49. The molecule has 0 radical (unpaired) electrons. The fourth-order valence-electron chi connectivity index (χ4n) is 2.89. The minimum Gasteiger partial charge on any atom is -0.489 e. The van der Waals surface area contributed by atoms with Gasteiger partial charge in [-0.25, -0.2) is 4.98 Å². The van der Waals surface area contributed by atoms with Gasteiger partial charge < -0.3 is 19.9 Å².